The smallest absolute Gasteiger partial charge is 0.315 e. The molecule has 0 aromatic heterocycles. The molecular formula is C38H54N6O4S. The van der Waals surface area contributed by atoms with Crippen molar-refractivity contribution in [1.29, 1.82) is 0 Å². The summed E-state index contributed by atoms with van der Waals surface area (Å²) in [7, 11) is 0. The molecule has 10 nitrogen and oxygen atoms in total. The molecular weight excluding hydrogens is 637 g/mol. The number of nitrogens with two attached hydrogens (primary N) is 1. The molecule has 0 radical (unpaired) electrons. The van der Waals surface area contributed by atoms with E-state index in [0.29, 0.717) is 74.9 Å². The predicted molar refractivity (Wildman–Crippen MR) is 196 cm³/mol. The van der Waals surface area contributed by atoms with E-state index in [4.69, 9.17) is 10.5 Å². The van der Waals surface area contributed by atoms with Gasteiger partial charge in [0.1, 0.15) is 0 Å². The van der Waals surface area contributed by atoms with Gasteiger partial charge in [0.15, 0.2) is 0 Å². The number of ether oxygens (including phenoxy) is 1. The van der Waals surface area contributed by atoms with Crippen molar-refractivity contribution in [1.82, 2.24) is 26.6 Å². The van der Waals surface area contributed by atoms with Crippen LogP contribution in [0.2, 0.25) is 0 Å². The summed E-state index contributed by atoms with van der Waals surface area (Å²) >= 11 is 1.90. The monoisotopic (exact) mass is 690 g/mol. The third-order valence-electron chi connectivity index (χ3n) is 10.5. The van der Waals surface area contributed by atoms with E-state index in [2.05, 4.69) is 75.1 Å². The van der Waals surface area contributed by atoms with Gasteiger partial charge in [-0.05, 0) is 73.6 Å². The summed E-state index contributed by atoms with van der Waals surface area (Å²) in [4.78, 5) is 36.1. The highest BCUT2D eigenvalue weighted by atomic mass is 32.2. The second-order valence-electron chi connectivity index (χ2n) is 14.2. The molecule has 2 aliphatic heterocycles. The Kier molecular flexibility index (Phi) is 12.9. The van der Waals surface area contributed by atoms with Gasteiger partial charge in [0.05, 0.1) is 25.3 Å². The Morgan fingerprint density at radius 2 is 1.65 bits per heavy atom. The number of amides is 4. The number of urea groups is 1. The van der Waals surface area contributed by atoms with Crippen molar-refractivity contribution in [3.05, 3.63) is 59.7 Å². The first-order valence-electron chi connectivity index (χ1n) is 18.4. The number of fused-ring (bicyclic) bond motifs is 1. The van der Waals surface area contributed by atoms with Gasteiger partial charge in [-0.3, -0.25) is 9.59 Å². The van der Waals surface area contributed by atoms with Crippen LogP contribution in [0.15, 0.2) is 48.5 Å². The van der Waals surface area contributed by atoms with Crippen LogP contribution in [0.4, 0.5) is 4.79 Å². The minimum Gasteiger partial charge on any atom is -0.378 e. The Bertz CT molecular complexity index is 1400. The van der Waals surface area contributed by atoms with Crippen molar-refractivity contribution in [2.75, 3.05) is 32.1 Å². The summed E-state index contributed by atoms with van der Waals surface area (Å²) in [6, 6.07) is 19.5. The average Bonchev–Trinajstić information content (AvgIpc) is 3.63. The van der Waals surface area contributed by atoms with E-state index in [1.807, 2.05) is 11.8 Å². The number of nitrogens with one attached hydrogen (secondary N) is 5. The lowest BCUT2D eigenvalue weighted by atomic mass is 9.91. The van der Waals surface area contributed by atoms with Crippen molar-refractivity contribution in [2.45, 2.75) is 112 Å². The molecule has 266 valence electrons. The molecule has 7 N–H and O–H groups in total. The zero-order chi connectivity index (χ0) is 34.0. The molecule has 4 fully saturated rings. The second-order valence-corrected chi connectivity index (χ2v) is 15.5. The number of rotatable bonds is 18. The molecule has 2 aromatic carbocycles. The number of aryl methyl sites for hydroxylation is 1. The van der Waals surface area contributed by atoms with Crippen molar-refractivity contribution in [2.24, 2.45) is 5.73 Å². The second kappa shape index (κ2) is 17.7. The largest absolute Gasteiger partial charge is 0.378 e. The van der Waals surface area contributed by atoms with Crippen LogP contribution < -0.4 is 32.3 Å². The van der Waals surface area contributed by atoms with Gasteiger partial charge >= 0.3 is 6.03 Å². The number of carbonyl (C=O) groups is 3. The van der Waals surface area contributed by atoms with Gasteiger partial charge in [-0.15, -0.1) is 0 Å². The van der Waals surface area contributed by atoms with Gasteiger partial charge < -0.3 is 37.1 Å². The molecule has 2 saturated carbocycles. The molecule has 2 heterocycles. The van der Waals surface area contributed by atoms with Crippen LogP contribution in [0.25, 0.3) is 11.1 Å². The van der Waals surface area contributed by atoms with Gasteiger partial charge in [-0.1, -0.05) is 55.0 Å². The maximum absolute atomic E-state index is 12.4. The van der Waals surface area contributed by atoms with Crippen LogP contribution in [0.5, 0.6) is 0 Å². The van der Waals surface area contributed by atoms with Crippen molar-refractivity contribution >= 4 is 29.6 Å². The summed E-state index contributed by atoms with van der Waals surface area (Å²) in [6.07, 6.45) is 10.3. The molecule has 0 unspecified atom stereocenters. The van der Waals surface area contributed by atoms with E-state index in [-0.39, 0.29) is 29.9 Å². The topological polar surface area (TPSA) is 147 Å². The van der Waals surface area contributed by atoms with Gasteiger partial charge in [-0.25, -0.2) is 4.79 Å². The van der Waals surface area contributed by atoms with Crippen LogP contribution in [-0.4, -0.2) is 85.4 Å². The van der Waals surface area contributed by atoms with Gasteiger partial charge in [0.25, 0.3) is 0 Å². The fraction of sp³-hybridized carbons (Fsp3) is 0.605. The lowest BCUT2D eigenvalue weighted by Crippen LogP contribution is -2.38. The zero-order valence-corrected chi connectivity index (χ0v) is 29.4. The lowest BCUT2D eigenvalue weighted by Gasteiger charge is -2.27. The summed E-state index contributed by atoms with van der Waals surface area (Å²) in [5.74, 6) is 1.61. The fourth-order valence-corrected chi connectivity index (χ4v) is 9.04. The molecule has 2 aromatic rings. The molecule has 49 heavy (non-hydrogen) atoms. The Hall–Kier alpha value is -3.12. The number of hydrogen-bond donors (Lipinski definition) is 6. The van der Waals surface area contributed by atoms with E-state index in [0.717, 1.165) is 43.4 Å². The highest BCUT2D eigenvalue weighted by molar-refractivity contribution is 8.00. The number of carbonyl (C=O) groups excluding carboxylic acids is 3. The highest BCUT2D eigenvalue weighted by Crippen LogP contribution is 2.42. The summed E-state index contributed by atoms with van der Waals surface area (Å²) in [5, 5.41) is 16.1. The third-order valence-corrected chi connectivity index (χ3v) is 12.0. The van der Waals surface area contributed by atoms with E-state index in [9.17, 15) is 14.4 Å². The Balaban J connectivity index is 0.786. The van der Waals surface area contributed by atoms with Crippen LogP contribution in [0, 0.1) is 0 Å². The Labute approximate surface area is 295 Å². The van der Waals surface area contributed by atoms with E-state index >= 15 is 0 Å². The SMILES string of the molecule is NC1CCC(N[C@@H]2C[C@H]2c2ccc(-c3cccc(CCC(=O)NCCOCCNC(=O)CCCC[C@@H]4SC[C@@H]5NC(=O)N[C@@H]54)c3)cc2)CC1. The minimum absolute atomic E-state index is 0.00780. The molecule has 6 rings (SSSR count). The maximum Gasteiger partial charge on any atom is 0.315 e. The normalized spacial score (nSPS) is 27.2. The first-order chi connectivity index (χ1) is 23.9. The molecule has 2 aliphatic carbocycles. The zero-order valence-electron chi connectivity index (χ0n) is 28.6. The lowest BCUT2D eigenvalue weighted by molar-refractivity contribution is -0.121. The molecule has 4 aliphatic rings. The van der Waals surface area contributed by atoms with E-state index in [1.54, 1.807) is 0 Å². The highest BCUT2D eigenvalue weighted by Gasteiger charge is 2.42. The van der Waals surface area contributed by atoms with Crippen molar-refractivity contribution in [3.63, 3.8) is 0 Å². The predicted octanol–water partition coefficient (Wildman–Crippen LogP) is 3.98. The third kappa shape index (κ3) is 10.7. The standard InChI is InChI=1S/C38H54N6O4S/c39-29-13-15-30(16-14-29)42-32-23-31(32)27-11-9-26(10-12-27)28-5-3-4-25(22-28)8-17-36(46)41-19-21-48-20-18-40-35(45)7-2-1-6-34-37-33(24-49-34)43-38(47)44-37/h3-5,9-12,22,29-34,37,42H,1-2,6-8,13-21,23-24,39H2,(H,40,45)(H,41,46)(H2,43,44,47)/t29?,30?,31-,32+,33-,34-,37-/m0/s1. The summed E-state index contributed by atoms with van der Waals surface area (Å²) < 4.78 is 5.59. The number of benzene rings is 2. The number of thioether (sulfide) groups is 1. The average molecular weight is 691 g/mol. The van der Waals surface area contributed by atoms with Crippen LogP contribution in [0.1, 0.15) is 81.3 Å². The molecule has 0 spiro atoms. The first kappa shape index (κ1) is 35.7. The van der Waals surface area contributed by atoms with Crippen LogP contribution in [-0.2, 0) is 20.7 Å². The van der Waals surface area contributed by atoms with Crippen molar-refractivity contribution < 1.29 is 19.1 Å². The minimum atomic E-state index is -0.0601. The first-order valence-corrected chi connectivity index (χ1v) is 19.5. The summed E-state index contributed by atoms with van der Waals surface area (Å²) in [5.41, 5.74) is 11.0. The van der Waals surface area contributed by atoms with Gasteiger partial charge in [-0.2, -0.15) is 11.8 Å². The Morgan fingerprint density at radius 3 is 2.43 bits per heavy atom. The molecule has 0 bridgehead atoms. The quantitative estimate of drug-likeness (QED) is 0.103. The van der Waals surface area contributed by atoms with Crippen LogP contribution in [0.3, 0.4) is 0 Å². The van der Waals surface area contributed by atoms with E-state index < -0.39 is 0 Å². The molecule has 11 heteroatoms. The molecule has 2 saturated heterocycles. The summed E-state index contributed by atoms with van der Waals surface area (Å²) in [6.45, 7) is 1.73. The molecule has 4 amide bonds. The Morgan fingerprint density at radius 1 is 0.898 bits per heavy atom. The van der Waals surface area contributed by atoms with E-state index in [1.165, 1.54) is 36.0 Å². The number of unbranched alkanes of at least 4 members (excludes halogenated alkanes) is 1. The van der Waals surface area contributed by atoms with Crippen LogP contribution >= 0.6 is 11.8 Å². The number of hydrogen-bond acceptors (Lipinski definition) is 7. The van der Waals surface area contributed by atoms with Crippen molar-refractivity contribution in [3.8, 4) is 11.1 Å². The van der Waals surface area contributed by atoms with Gasteiger partial charge in [0, 0.05) is 61.0 Å². The maximum atomic E-state index is 12.4. The fourth-order valence-electron chi connectivity index (χ4n) is 7.50. The molecule has 5 atom stereocenters. The van der Waals surface area contributed by atoms with Gasteiger partial charge in [0.2, 0.25) is 11.8 Å².